The number of carboxylic acid groups (broad SMARTS) is 1. The maximum Gasteiger partial charge on any atom is 0.341 e. The number of aliphatic carboxylic acids is 1. The molecule has 0 saturated carbocycles. The number of hydrogen-bond donors (Lipinski definition) is 1. The number of hydrogen-bond acceptors (Lipinski definition) is 3. The Morgan fingerprint density at radius 2 is 1.42 bits per heavy atom. The first-order valence-corrected chi connectivity index (χ1v) is 13.5. The Morgan fingerprint density at radius 3 is 1.87 bits per heavy atom. The van der Waals surface area contributed by atoms with Gasteiger partial charge in [0.1, 0.15) is 5.75 Å². The van der Waals surface area contributed by atoms with E-state index >= 15 is 0 Å². The lowest BCUT2D eigenvalue weighted by atomic mass is 9.91. The molecule has 0 aromatic heterocycles. The number of ether oxygens (including phenoxy) is 1. The lowest BCUT2D eigenvalue weighted by Gasteiger charge is -2.13. The van der Waals surface area contributed by atoms with Crippen LogP contribution in [0.25, 0.3) is 16.7 Å². The maximum absolute atomic E-state index is 10.7. The molecule has 0 amide bonds. The molecule has 0 saturated heterocycles. The van der Waals surface area contributed by atoms with Gasteiger partial charge in [0.25, 0.3) is 0 Å². The summed E-state index contributed by atoms with van der Waals surface area (Å²) < 4.78 is 5.95. The molecule has 0 heterocycles. The predicted octanol–water partition coefficient (Wildman–Crippen LogP) is 7.77. The second-order valence-electron chi connectivity index (χ2n) is 8.16. The molecule has 1 N–H and O–H groups in total. The van der Waals surface area contributed by atoms with E-state index in [2.05, 4.69) is 58.1 Å². The normalized spacial score (nSPS) is 10.2. The van der Waals surface area contributed by atoms with Crippen LogP contribution in [-0.2, 0) is 4.79 Å². The van der Waals surface area contributed by atoms with Gasteiger partial charge in [-0.15, -0.1) is 24.6 Å². The largest absolute Gasteiger partial charge is 0.481 e. The summed E-state index contributed by atoms with van der Waals surface area (Å²) in [6, 6.07) is 29.6. The Hall–Kier alpha value is -4.16. The molecule has 0 radical (unpaired) electrons. The zero-order valence-electron chi connectivity index (χ0n) is 20.4. The van der Waals surface area contributed by atoms with E-state index in [1.807, 2.05) is 60.7 Å². The van der Waals surface area contributed by atoms with Gasteiger partial charge in [0.05, 0.1) is 4.47 Å². The van der Waals surface area contributed by atoms with E-state index in [1.54, 1.807) is 17.8 Å². The molecular weight excluding hydrogens is 556 g/mol. The molecule has 3 nitrogen and oxygen atoms in total. The summed E-state index contributed by atoms with van der Waals surface area (Å²) in [5, 5.41) is 8.78. The van der Waals surface area contributed by atoms with Crippen LogP contribution in [0.1, 0.15) is 22.3 Å². The summed E-state index contributed by atoms with van der Waals surface area (Å²) in [5.74, 6) is 5.67. The number of fused-ring (bicyclic) bond motifs is 1. The highest BCUT2D eigenvalue weighted by atomic mass is 79.9. The summed E-state index contributed by atoms with van der Waals surface area (Å²) in [7, 11) is 0. The van der Waals surface area contributed by atoms with Crippen molar-refractivity contribution in [3.05, 3.63) is 124 Å². The fraction of sp³-hybridized carbons (Fsp3) is 0.0606. The summed E-state index contributed by atoms with van der Waals surface area (Å²) in [4.78, 5) is 11.7. The van der Waals surface area contributed by atoms with E-state index < -0.39 is 5.97 Å². The molecule has 0 atom stereocenters. The van der Waals surface area contributed by atoms with Crippen molar-refractivity contribution in [1.82, 2.24) is 0 Å². The highest BCUT2D eigenvalue weighted by Gasteiger charge is 2.12. The number of rotatable bonds is 8. The Labute approximate surface area is 235 Å². The average molecular weight is 580 g/mol. The van der Waals surface area contributed by atoms with Gasteiger partial charge in [-0.3, -0.25) is 0 Å². The number of carboxylic acids is 1. The van der Waals surface area contributed by atoms with Crippen molar-refractivity contribution in [2.75, 3.05) is 12.4 Å². The zero-order valence-corrected chi connectivity index (χ0v) is 22.8. The molecule has 38 heavy (non-hydrogen) atoms. The van der Waals surface area contributed by atoms with Gasteiger partial charge >= 0.3 is 5.97 Å². The zero-order chi connectivity index (χ0) is 26.9. The molecule has 186 valence electrons. The lowest BCUT2D eigenvalue weighted by molar-refractivity contribution is -0.139. The van der Waals surface area contributed by atoms with Gasteiger partial charge in [-0.2, -0.15) is 0 Å². The van der Waals surface area contributed by atoms with Crippen molar-refractivity contribution < 1.29 is 14.6 Å². The van der Waals surface area contributed by atoms with Crippen molar-refractivity contribution in [1.29, 1.82) is 0 Å². The Bertz CT molecular complexity index is 1490. The molecule has 0 aliphatic heterocycles. The maximum atomic E-state index is 10.7. The minimum absolute atomic E-state index is 0.389. The van der Waals surface area contributed by atoms with Crippen LogP contribution in [0.3, 0.4) is 0 Å². The molecule has 3 aromatic rings. The smallest absolute Gasteiger partial charge is 0.341 e. The van der Waals surface area contributed by atoms with Crippen molar-refractivity contribution in [2.24, 2.45) is 0 Å². The van der Waals surface area contributed by atoms with Crippen LogP contribution in [0.4, 0.5) is 0 Å². The highest BCUT2D eigenvalue weighted by Crippen LogP contribution is 2.33. The fourth-order valence-corrected chi connectivity index (χ4v) is 5.22. The van der Waals surface area contributed by atoms with E-state index in [-0.39, 0.29) is 6.61 Å². The summed E-state index contributed by atoms with van der Waals surface area (Å²) >= 11 is 5.07. The molecule has 2 aliphatic rings. The minimum Gasteiger partial charge on any atom is -0.481 e. The number of halogens is 1. The van der Waals surface area contributed by atoms with E-state index in [0.717, 1.165) is 32.7 Å². The van der Waals surface area contributed by atoms with E-state index in [4.69, 9.17) is 22.7 Å². The minimum atomic E-state index is -1.02. The first-order chi connectivity index (χ1) is 18.5. The molecule has 0 spiro atoms. The third-order valence-electron chi connectivity index (χ3n) is 5.76. The molecule has 0 bridgehead atoms. The van der Waals surface area contributed by atoms with Crippen molar-refractivity contribution in [3.8, 4) is 41.6 Å². The number of benzene rings is 4. The monoisotopic (exact) mass is 578 g/mol. The van der Waals surface area contributed by atoms with Crippen LogP contribution in [0, 0.1) is 24.7 Å². The van der Waals surface area contributed by atoms with Gasteiger partial charge in [-0.05, 0) is 74.1 Å². The van der Waals surface area contributed by atoms with Crippen LogP contribution < -0.4 is 4.74 Å². The van der Waals surface area contributed by atoms with Gasteiger partial charge in [-0.1, -0.05) is 78.6 Å². The van der Waals surface area contributed by atoms with Crippen molar-refractivity contribution in [3.63, 3.8) is 0 Å². The predicted molar refractivity (Wildman–Crippen MR) is 159 cm³/mol. The van der Waals surface area contributed by atoms with E-state index in [1.165, 1.54) is 11.1 Å². The van der Waals surface area contributed by atoms with E-state index in [9.17, 15) is 4.79 Å². The lowest BCUT2D eigenvalue weighted by Crippen LogP contribution is -2.09. The van der Waals surface area contributed by atoms with Crippen LogP contribution in [-0.4, -0.2) is 23.4 Å². The summed E-state index contributed by atoms with van der Waals surface area (Å²) in [6.07, 6.45) is 13.6. The molecule has 0 unspecified atom stereocenters. The topological polar surface area (TPSA) is 46.5 Å². The molecule has 5 heteroatoms. The van der Waals surface area contributed by atoms with Crippen molar-refractivity contribution >= 4 is 39.2 Å². The standard InChI is InChI=1S/C27H19BrO3S.C6H4/c1-3-19-9-5-7-11-22(19)24(23-12-8-6-10-20(23)4-2)15-16-32-21-13-14-26(25(28)17-21)31-18-27(29)30;1-2-6-4-3-5(1)6/h1-2,5-15,17H,16,18H2,(H,29,30);1-4H. The average Bonchev–Trinajstić information content (AvgIpc) is 2.93. The number of thioether (sulfide) groups is 1. The van der Waals surface area contributed by atoms with Gasteiger partial charge in [-0.25, -0.2) is 4.79 Å². The van der Waals surface area contributed by atoms with Gasteiger partial charge in [0, 0.05) is 21.8 Å². The highest BCUT2D eigenvalue weighted by molar-refractivity contribution is 9.10. The Kier molecular flexibility index (Phi) is 9.11. The van der Waals surface area contributed by atoms with E-state index in [0.29, 0.717) is 16.0 Å². The molecule has 2 aliphatic carbocycles. The van der Waals surface area contributed by atoms with Crippen LogP contribution in [0.2, 0.25) is 0 Å². The SMILES string of the molecule is C#Cc1ccccc1C(=CCSc1ccc(OCC(=O)O)c(Br)c1)c1ccccc1C#C.c1cc2ccc1-2. The number of terminal acetylenes is 2. The second kappa shape index (κ2) is 12.9. The van der Waals surface area contributed by atoms with Gasteiger partial charge < -0.3 is 9.84 Å². The molecular formula is C33H23BrO3S. The first-order valence-electron chi connectivity index (χ1n) is 11.7. The van der Waals surface area contributed by atoms with Gasteiger partial charge in [0.15, 0.2) is 6.61 Å². The molecule has 0 fully saturated rings. The third kappa shape index (κ3) is 6.58. The quantitative estimate of drug-likeness (QED) is 0.151. The number of carbonyl (C=O) groups is 1. The molecule has 3 aromatic carbocycles. The first kappa shape index (κ1) is 26.9. The van der Waals surface area contributed by atoms with Crippen LogP contribution in [0.15, 0.2) is 106 Å². The Morgan fingerprint density at radius 1 is 0.868 bits per heavy atom. The second-order valence-corrected chi connectivity index (χ2v) is 10.1. The third-order valence-corrected chi connectivity index (χ3v) is 7.30. The Balaban J connectivity index is 0.000000483. The summed E-state index contributed by atoms with van der Waals surface area (Å²) in [5.41, 5.74) is 7.36. The van der Waals surface area contributed by atoms with Crippen LogP contribution >= 0.6 is 27.7 Å². The fourth-order valence-electron chi connectivity index (χ4n) is 3.76. The summed E-state index contributed by atoms with van der Waals surface area (Å²) in [6.45, 7) is -0.389. The van der Waals surface area contributed by atoms with Gasteiger partial charge in [0.2, 0.25) is 0 Å². The van der Waals surface area contributed by atoms with Crippen molar-refractivity contribution in [2.45, 2.75) is 4.90 Å². The van der Waals surface area contributed by atoms with Crippen LogP contribution in [0.5, 0.6) is 5.75 Å². The molecule has 5 rings (SSSR count).